The number of benzene rings is 1. The van der Waals surface area contributed by atoms with E-state index >= 15 is 0 Å². The van der Waals surface area contributed by atoms with Crippen molar-refractivity contribution < 1.29 is 5.11 Å². The molecule has 0 bridgehead atoms. The third-order valence-electron chi connectivity index (χ3n) is 5.07. The zero-order chi connectivity index (χ0) is 13.9. The Morgan fingerprint density at radius 2 is 1.79 bits per heavy atom. The number of hydrogen-bond acceptors (Lipinski definition) is 2. The monoisotopic (exact) mass is 261 g/mol. The van der Waals surface area contributed by atoms with Crippen LogP contribution in [0, 0.1) is 12.3 Å². The number of aliphatic hydroxyl groups is 1. The van der Waals surface area contributed by atoms with Crippen LogP contribution in [0.2, 0.25) is 0 Å². The van der Waals surface area contributed by atoms with Crippen LogP contribution in [0.1, 0.15) is 50.7 Å². The minimum absolute atomic E-state index is 0.139. The van der Waals surface area contributed by atoms with Gasteiger partial charge in [0.25, 0.3) is 0 Å². The molecule has 1 aromatic carbocycles. The topological polar surface area (TPSA) is 23.5 Å². The van der Waals surface area contributed by atoms with Gasteiger partial charge in [0.1, 0.15) is 0 Å². The van der Waals surface area contributed by atoms with Crippen molar-refractivity contribution in [1.29, 1.82) is 0 Å². The van der Waals surface area contributed by atoms with Crippen LogP contribution in [0.4, 0.5) is 5.69 Å². The fourth-order valence-corrected chi connectivity index (χ4v) is 3.33. The number of nitrogens with zero attached hydrogens (tertiary/aromatic N) is 1. The molecule has 2 rings (SSSR count). The Morgan fingerprint density at radius 3 is 2.32 bits per heavy atom. The van der Waals surface area contributed by atoms with Gasteiger partial charge in [0.2, 0.25) is 0 Å². The molecule has 1 fully saturated rings. The quantitative estimate of drug-likeness (QED) is 0.888. The number of piperidine rings is 1. The zero-order valence-electron chi connectivity index (χ0n) is 12.6. The average Bonchev–Trinajstić information content (AvgIpc) is 2.47. The van der Waals surface area contributed by atoms with Gasteiger partial charge in [-0.25, -0.2) is 0 Å². The van der Waals surface area contributed by atoms with Crippen LogP contribution in [0.25, 0.3) is 0 Å². The summed E-state index contributed by atoms with van der Waals surface area (Å²) in [6, 6.07) is 6.43. The Kier molecular flexibility index (Phi) is 4.51. The Bertz CT molecular complexity index is 413. The van der Waals surface area contributed by atoms with E-state index in [-0.39, 0.29) is 6.61 Å². The molecule has 1 saturated heterocycles. The summed E-state index contributed by atoms with van der Waals surface area (Å²) in [7, 11) is 0. The first-order valence-corrected chi connectivity index (χ1v) is 7.59. The van der Waals surface area contributed by atoms with Crippen molar-refractivity contribution in [2.75, 3.05) is 18.0 Å². The predicted octanol–water partition coefficient (Wildman–Crippen LogP) is 3.89. The summed E-state index contributed by atoms with van der Waals surface area (Å²) in [6.45, 7) is 9.11. The zero-order valence-corrected chi connectivity index (χ0v) is 12.6. The lowest BCUT2D eigenvalue weighted by atomic mass is 9.74. The molecule has 0 unspecified atom stereocenters. The Balaban J connectivity index is 2.13. The highest BCUT2D eigenvalue weighted by Crippen LogP contribution is 2.39. The standard InChI is InChI=1S/C17H27NO/c1-4-17(5-2)8-10-18(11-9-17)16-7-6-14(3)12-15(16)13-19/h6-7,12,19H,4-5,8-11,13H2,1-3H3. The van der Waals surface area contributed by atoms with Crippen LogP contribution >= 0.6 is 0 Å². The first-order chi connectivity index (χ1) is 9.14. The van der Waals surface area contributed by atoms with E-state index in [1.165, 1.54) is 36.9 Å². The minimum Gasteiger partial charge on any atom is -0.392 e. The molecule has 1 heterocycles. The molecule has 0 saturated carbocycles. The molecule has 1 aromatic rings. The van der Waals surface area contributed by atoms with Crippen molar-refractivity contribution in [2.24, 2.45) is 5.41 Å². The smallest absolute Gasteiger partial charge is 0.0702 e. The van der Waals surface area contributed by atoms with Crippen LogP contribution in [0.5, 0.6) is 0 Å². The van der Waals surface area contributed by atoms with Crippen LogP contribution in [0.15, 0.2) is 18.2 Å². The van der Waals surface area contributed by atoms with Crippen molar-refractivity contribution in [3.63, 3.8) is 0 Å². The second-order valence-corrected chi connectivity index (χ2v) is 5.98. The second kappa shape index (κ2) is 5.96. The molecule has 0 radical (unpaired) electrons. The molecule has 1 aliphatic heterocycles. The highest BCUT2D eigenvalue weighted by molar-refractivity contribution is 5.55. The maximum Gasteiger partial charge on any atom is 0.0702 e. The SMILES string of the molecule is CCC1(CC)CCN(c2ccc(C)cc2CO)CC1. The molecule has 0 aromatic heterocycles. The van der Waals surface area contributed by atoms with Gasteiger partial charge in [-0.15, -0.1) is 0 Å². The summed E-state index contributed by atoms with van der Waals surface area (Å²) in [5.74, 6) is 0. The summed E-state index contributed by atoms with van der Waals surface area (Å²) in [5.41, 5.74) is 4.08. The highest BCUT2D eigenvalue weighted by Gasteiger charge is 2.31. The summed E-state index contributed by atoms with van der Waals surface area (Å²) in [5, 5.41) is 9.54. The largest absolute Gasteiger partial charge is 0.392 e. The lowest BCUT2D eigenvalue weighted by Gasteiger charge is -2.42. The molecular formula is C17H27NO. The summed E-state index contributed by atoms with van der Waals surface area (Å²) < 4.78 is 0. The first kappa shape index (κ1) is 14.4. The molecule has 1 aliphatic rings. The number of aliphatic hydroxyl groups excluding tert-OH is 1. The van der Waals surface area contributed by atoms with Gasteiger partial charge in [0, 0.05) is 24.3 Å². The Morgan fingerprint density at radius 1 is 1.16 bits per heavy atom. The summed E-state index contributed by atoms with van der Waals surface area (Å²) >= 11 is 0. The van der Waals surface area contributed by atoms with Gasteiger partial charge < -0.3 is 10.0 Å². The van der Waals surface area contributed by atoms with Crippen LogP contribution < -0.4 is 4.90 Å². The molecule has 0 atom stereocenters. The molecule has 0 aliphatic carbocycles. The van der Waals surface area contributed by atoms with Gasteiger partial charge in [-0.3, -0.25) is 0 Å². The minimum atomic E-state index is 0.139. The molecule has 106 valence electrons. The van der Waals surface area contributed by atoms with Gasteiger partial charge in [0.15, 0.2) is 0 Å². The van der Waals surface area contributed by atoms with Crippen LogP contribution in [-0.2, 0) is 6.61 Å². The van der Waals surface area contributed by atoms with Gasteiger partial charge in [-0.05, 0) is 31.2 Å². The average molecular weight is 261 g/mol. The molecule has 0 amide bonds. The Hall–Kier alpha value is -1.02. The molecule has 2 heteroatoms. The van der Waals surface area contributed by atoms with Crippen molar-refractivity contribution in [1.82, 2.24) is 0 Å². The van der Waals surface area contributed by atoms with Crippen LogP contribution in [0.3, 0.4) is 0 Å². The third kappa shape index (κ3) is 2.94. The molecule has 2 nitrogen and oxygen atoms in total. The van der Waals surface area contributed by atoms with E-state index in [1.807, 2.05) is 0 Å². The Labute approximate surface area is 117 Å². The van der Waals surface area contributed by atoms with Crippen molar-refractivity contribution in [3.8, 4) is 0 Å². The van der Waals surface area contributed by atoms with Crippen LogP contribution in [-0.4, -0.2) is 18.2 Å². The third-order valence-corrected chi connectivity index (χ3v) is 5.07. The van der Waals surface area contributed by atoms with Crippen molar-refractivity contribution in [2.45, 2.75) is 53.1 Å². The van der Waals surface area contributed by atoms with Crippen molar-refractivity contribution in [3.05, 3.63) is 29.3 Å². The molecule has 1 N–H and O–H groups in total. The van der Waals surface area contributed by atoms with Crippen molar-refractivity contribution >= 4 is 5.69 Å². The highest BCUT2D eigenvalue weighted by atomic mass is 16.3. The van der Waals surface area contributed by atoms with E-state index < -0.39 is 0 Å². The van der Waals surface area contributed by atoms with Gasteiger partial charge in [0.05, 0.1) is 6.61 Å². The van der Waals surface area contributed by atoms with E-state index in [0.29, 0.717) is 5.41 Å². The lowest BCUT2D eigenvalue weighted by Crippen LogP contribution is -2.40. The fraction of sp³-hybridized carbons (Fsp3) is 0.647. The van der Waals surface area contributed by atoms with Gasteiger partial charge in [-0.1, -0.05) is 44.4 Å². The molecule has 0 spiro atoms. The first-order valence-electron chi connectivity index (χ1n) is 7.59. The summed E-state index contributed by atoms with van der Waals surface area (Å²) in [4.78, 5) is 2.45. The second-order valence-electron chi connectivity index (χ2n) is 5.98. The van der Waals surface area contributed by atoms with E-state index in [2.05, 4.69) is 43.9 Å². The van der Waals surface area contributed by atoms with E-state index in [4.69, 9.17) is 0 Å². The lowest BCUT2D eigenvalue weighted by molar-refractivity contribution is 0.199. The fourth-order valence-electron chi connectivity index (χ4n) is 3.33. The predicted molar refractivity (Wildman–Crippen MR) is 81.6 cm³/mol. The number of hydrogen-bond donors (Lipinski definition) is 1. The van der Waals surface area contributed by atoms with E-state index in [9.17, 15) is 5.11 Å². The number of rotatable bonds is 4. The molecule has 19 heavy (non-hydrogen) atoms. The van der Waals surface area contributed by atoms with Gasteiger partial charge in [-0.2, -0.15) is 0 Å². The summed E-state index contributed by atoms with van der Waals surface area (Å²) in [6.07, 6.45) is 5.13. The normalized spacial score (nSPS) is 18.6. The van der Waals surface area contributed by atoms with Gasteiger partial charge >= 0.3 is 0 Å². The maximum atomic E-state index is 9.54. The van der Waals surface area contributed by atoms with E-state index in [0.717, 1.165) is 18.7 Å². The number of aryl methyl sites for hydroxylation is 1. The maximum absolute atomic E-state index is 9.54. The number of anilines is 1. The molecular weight excluding hydrogens is 234 g/mol. The van der Waals surface area contributed by atoms with E-state index in [1.54, 1.807) is 0 Å².